The highest BCUT2D eigenvalue weighted by Crippen LogP contribution is 2.51. The third-order valence-electron chi connectivity index (χ3n) is 6.24. The Kier molecular flexibility index (Phi) is 5.74. The predicted octanol–water partition coefficient (Wildman–Crippen LogP) is 5.26. The maximum absolute atomic E-state index is 13.3. The summed E-state index contributed by atoms with van der Waals surface area (Å²) < 4.78 is 54.2. The van der Waals surface area contributed by atoms with Crippen LogP contribution in [0.1, 0.15) is 30.2 Å². The number of benzene rings is 3. The third kappa shape index (κ3) is 4.53. The van der Waals surface area contributed by atoms with Crippen molar-refractivity contribution >= 4 is 17.5 Å². The van der Waals surface area contributed by atoms with E-state index in [1.807, 2.05) is 6.07 Å². The lowest BCUT2D eigenvalue weighted by Crippen LogP contribution is -2.27. The van der Waals surface area contributed by atoms with Crippen LogP contribution in [0, 0.1) is 0 Å². The van der Waals surface area contributed by atoms with E-state index in [1.165, 1.54) is 25.2 Å². The number of hydrogen-bond acceptors (Lipinski definition) is 5. The fourth-order valence-corrected chi connectivity index (χ4v) is 4.24. The second-order valence-corrected chi connectivity index (χ2v) is 8.52. The van der Waals surface area contributed by atoms with E-state index in [0.29, 0.717) is 35.6 Å². The Morgan fingerprint density at radius 2 is 1.78 bits per heavy atom. The number of nitrogens with one attached hydrogen (secondary N) is 2. The van der Waals surface area contributed by atoms with Crippen LogP contribution < -0.4 is 24.8 Å². The standard InChI is InChI=1S/C26H21F3N2O5.H2/c1-30-23(32)16-4-2-3-15(11-16)19-13-18(6-8-20(19)36-26(27,28)29)31-24(33)25(9-10-25)17-5-7-21-22(12-17)35-14-34-21;/h2-8,11-13H,9-10,14H2,1H3,(H,30,32)(H,31,33);1H. The van der Waals surface area contributed by atoms with Crippen molar-refractivity contribution in [3.8, 4) is 28.4 Å². The second-order valence-electron chi connectivity index (χ2n) is 8.52. The number of rotatable bonds is 6. The molecule has 36 heavy (non-hydrogen) atoms. The summed E-state index contributed by atoms with van der Waals surface area (Å²) in [7, 11) is 1.46. The molecular formula is C26H23F3N2O5. The van der Waals surface area contributed by atoms with Crippen LogP contribution in [0.2, 0.25) is 0 Å². The lowest BCUT2D eigenvalue weighted by molar-refractivity contribution is -0.274. The van der Waals surface area contributed by atoms with Crippen molar-refractivity contribution in [3.63, 3.8) is 0 Å². The molecule has 5 rings (SSSR count). The lowest BCUT2D eigenvalue weighted by Gasteiger charge is -2.18. The van der Waals surface area contributed by atoms with Crippen molar-refractivity contribution in [2.24, 2.45) is 0 Å². The Bertz CT molecular complexity index is 1360. The number of fused-ring (bicyclic) bond motifs is 1. The van der Waals surface area contributed by atoms with Gasteiger partial charge >= 0.3 is 6.36 Å². The first kappa shape index (κ1) is 23.5. The molecule has 1 fully saturated rings. The summed E-state index contributed by atoms with van der Waals surface area (Å²) in [6, 6.07) is 15.4. The minimum atomic E-state index is -4.92. The number of ether oxygens (including phenoxy) is 3. The Hall–Kier alpha value is -4.21. The molecule has 2 amide bonds. The number of hydrogen-bond donors (Lipinski definition) is 2. The van der Waals surface area contributed by atoms with E-state index in [2.05, 4.69) is 15.4 Å². The average Bonchev–Trinajstić information content (AvgIpc) is 3.54. The number of anilines is 1. The molecule has 1 heterocycles. The summed E-state index contributed by atoms with van der Waals surface area (Å²) >= 11 is 0. The van der Waals surface area contributed by atoms with Crippen molar-refractivity contribution in [2.45, 2.75) is 24.6 Å². The van der Waals surface area contributed by atoms with E-state index in [1.54, 1.807) is 30.3 Å². The van der Waals surface area contributed by atoms with Gasteiger partial charge < -0.3 is 24.8 Å². The third-order valence-corrected chi connectivity index (χ3v) is 6.24. The molecule has 1 aliphatic carbocycles. The molecule has 0 atom stereocenters. The van der Waals surface area contributed by atoms with Gasteiger partial charge in [0.2, 0.25) is 12.7 Å². The molecule has 3 aromatic carbocycles. The van der Waals surface area contributed by atoms with Gasteiger partial charge in [-0.1, -0.05) is 18.2 Å². The minimum absolute atomic E-state index is 0. The van der Waals surface area contributed by atoms with E-state index in [9.17, 15) is 22.8 Å². The van der Waals surface area contributed by atoms with Gasteiger partial charge in [0, 0.05) is 25.3 Å². The van der Waals surface area contributed by atoms with Gasteiger partial charge in [0.1, 0.15) is 5.75 Å². The highest BCUT2D eigenvalue weighted by molar-refractivity contribution is 6.02. The van der Waals surface area contributed by atoms with Gasteiger partial charge in [-0.15, -0.1) is 13.2 Å². The summed E-state index contributed by atoms with van der Waals surface area (Å²) in [4.78, 5) is 25.3. The lowest BCUT2D eigenvalue weighted by atomic mass is 9.94. The highest BCUT2D eigenvalue weighted by Gasteiger charge is 2.51. The molecule has 2 aliphatic rings. The minimum Gasteiger partial charge on any atom is -0.454 e. The van der Waals surface area contributed by atoms with Gasteiger partial charge in [0.05, 0.1) is 5.41 Å². The Labute approximate surface area is 205 Å². The van der Waals surface area contributed by atoms with Crippen molar-refractivity contribution in [1.29, 1.82) is 0 Å². The SMILES string of the molecule is CNC(=O)c1cccc(-c2cc(NC(=O)C3(c4ccc5c(c4)OCO5)CC3)ccc2OC(F)(F)F)c1.[HH]. The van der Waals surface area contributed by atoms with E-state index < -0.39 is 17.5 Å². The fourth-order valence-electron chi connectivity index (χ4n) is 4.24. The van der Waals surface area contributed by atoms with Crippen LogP contribution in [0.4, 0.5) is 18.9 Å². The van der Waals surface area contributed by atoms with E-state index >= 15 is 0 Å². The molecule has 188 valence electrons. The molecule has 0 radical (unpaired) electrons. The first-order chi connectivity index (χ1) is 17.2. The predicted molar refractivity (Wildman–Crippen MR) is 126 cm³/mol. The van der Waals surface area contributed by atoms with Gasteiger partial charge in [-0.2, -0.15) is 0 Å². The van der Waals surface area contributed by atoms with Gasteiger partial charge in [0.15, 0.2) is 11.5 Å². The Morgan fingerprint density at radius 1 is 1.00 bits per heavy atom. The molecular weight excluding hydrogens is 477 g/mol. The van der Waals surface area contributed by atoms with Crippen LogP contribution in [0.15, 0.2) is 60.7 Å². The largest absolute Gasteiger partial charge is 0.573 e. The number of alkyl halides is 3. The molecule has 0 unspecified atom stereocenters. The van der Waals surface area contributed by atoms with Crippen molar-refractivity contribution in [3.05, 3.63) is 71.8 Å². The molecule has 2 N–H and O–H groups in total. The topological polar surface area (TPSA) is 85.9 Å². The van der Waals surface area contributed by atoms with Crippen LogP contribution >= 0.6 is 0 Å². The normalized spacial score (nSPS) is 15.2. The first-order valence-electron chi connectivity index (χ1n) is 11.1. The molecule has 7 nitrogen and oxygen atoms in total. The molecule has 3 aromatic rings. The van der Waals surface area contributed by atoms with Crippen molar-refractivity contribution < 1.29 is 38.4 Å². The first-order valence-corrected chi connectivity index (χ1v) is 11.1. The van der Waals surface area contributed by atoms with E-state index in [-0.39, 0.29) is 31.2 Å². The zero-order valence-corrected chi connectivity index (χ0v) is 19.1. The molecule has 0 aromatic heterocycles. The molecule has 0 spiro atoms. The average molecular weight is 500 g/mol. The second kappa shape index (κ2) is 8.78. The maximum atomic E-state index is 13.3. The molecule has 1 saturated carbocycles. The van der Waals surface area contributed by atoms with Gasteiger partial charge in [-0.25, -0.2) is 0 Å². The molecule has 0 bridgehead atoms. The van der Waals surface area contributed by atoms with E-state index in [4.69, 9.17) is 9.47 Å². The van der Waals surface area contributed by atoms with Crippen LogP contribution in [0.5, 0.6) is 17.2 Å². The number of carbonyl (C=O) groups excluding carboxylic acids is 2. The quantitative estimate of drug-likeness (QED) is 0.483. The van der Waals surface area contributed by atoms with Gasteiger partial charge in [0.25, 0.3) is 5.91 Å². The number of halogens is 3. The fraction of sp³-hybridized carbons (Fsp3) is 0.231. The summed E-state index contributed by atoms with van der Waals surface area (Å²) in [5, 5.41) is 5.31. The monoisotopic (exact) mass is 500 g/mol. The highest BCUT2D eigenvalue weighted by atomic mass is 19.4. The van der Waals surface area contributed by atoms with Gasteiger partial charge in [-0.3, -0.25) is 9.59 Å². The van der Waals surface area contributed by atoms with E-state index in [0.717, 1.165) is 11.6 Å². The summed E-state index contributed by atoms with van der Waals surface area (Å²) in [5.74, 6) is 0.0544. The number of carbonyl (C=O) groups is 2. The zero-order valence-electron chi connectivity index (χ0n) is 19.1. The van der Waals surface area contributed by atoms with Crippen LogP contribution in [-0.2, 0) is 10.2 Å². The Morgan fingerprint density at radius 3 is 2.50 bits per heavy atom. The molecule has 0 saturated heterocycles. The van der Waals surface area contributed by atoms with Crippen molar-refractivity contribution in [2.75, 3.05) is 19.2 Å². The number of amides is 2. The maximum Gasteiger partial charge on any atom is 0.573 e. The van der Waals surface area contributed by atoms with Gasteiger partial charge in [-0.05, 0) is 66.4 Å². The zero-order chi connectivity index (χ0) is 25.5. The van der Waals surface area contributed by atoms with Crippen LogP contribution in [0.3, 0.4) is 0 Å². The molecule has 10 heteroatoms. The van der Waals surface area contributed by atoms with Crippen LogP contribution in [0.25, 0.3) is 11.1 Å². The summed E-state index contributed by atoms with van der Waals surface area (Å²) in [5.41, 5.74) is 0.970. The smallest absolute Gasteiger partial charge is 0.454 e. The Balaban J connectivity index is 0.00000320. The summed E-state index contributed by atoms with van der Waals surface area (Å²) in [6.45, 7) is 0.119. The molecule has 1 aliphatic heterocycles. The van der Waals surface area contributed by atoms with Crippen molar-refractivity contribution in [1.82, 2.24) is 5.32 Å². The summed E-state index contributed by atoms with van der Waals surface area (Å²) in [6.07, 6.45) is -3.68. The van der Waals surface area contributed by atoms with Crippen LogP contribution in [-0.4, -0.2) is 32.0 Å².